The summed E-state index contributed by atoms with van der Waals surface area (Å²) in [5.74, 6) is 0. The lowest BCUT2D eigenvalue weighted by atomic mass is 10.0. The molecule has 0 aromatic carbocycles. The maximum atomic E-state index is 5.28. The van der Waals surface area contributed by atoms with Crippen LogP contribution in [0.4, 0.5) is 0 Å². The maximum absolute atomic E-state index is 5.28. The Kier molecular flexibility index (Phi) is 4.70. The van der Waals surface area contributed by atoms with Crippen LogP contribution in [0.1, 0.15) is 26.7 Å². The first-order valence-electron chi connectivity index (χ1n) is 5.04. The van der Waals surface area contributed by atoms with E-state index in [9.17, 15) is 0 Å². The van der Waals surface area contributed by atoms with Crippen LogP contribution in [0.15, 0.2) is 0 Å². The maximum Gasteiger partial charge on any atom is 0.0670 e. The Bertz CT molecular complexity index is 154. The van der Waals surface area contributed by atoms with E-state index < -0.39 is 0 Å². The van der Waals surface area contributed by atoms with Crippen molar-refractivity contribution in [2.45, 2.75) is 43.7 Å². The fourth-order valence-electron chi connectivity index (χ4n) is 1.79. The van der Waals surface area contributed by atoms with E-state index in [2.05, 4.69) is 34.7 Å². The van der Waals surface area contributed by atoms with Gasteiger partial charge in [0.05, 0.1) is 6.10 Å². The molecular weight excluding hydrogens is 230 g/mol. The number of hydrogen-bond acceptors (Lipinski definition) is 2. The summed E-state index contributed by atoms with van der Waals surface area (Å²) in [7, 11) is 1.78. The van der Waals surface area contributed by atoms with Gasteiger partial charge in [-0.15, -0.1) is 0 Å². The van der Waals surface area contributed by atoms with E-state index in [1.807, 2.05) is 0 Å². The molecule has 2 nitrogen and oxygen atoms in total. The second kappa shape index (κ2) is 5.32. The summed E-state index contributed by atoms with van der Waals surface area (Å²) >= 11 is 3.69. The molecule has 1 aliphatic rings. The number of rotatable bonds is 3. The van der Waals surface area contributed by atoms with Gasteiger partial charge in [-0.3, -0.25) is 4.90 Å². The number of hydrogen-bond donors (Lipinski definition) is 0. The molecule has 1 saturated heterocycles. The number of halogens is 1. The van der Waals surface area contributed by atoms with Gasteiger partial charge in [-0.05, 0) is 26.7 Å². The van der Waals surface area contributed by atoms with Crippen molar-refractivity contribution in [3.63, 3.8) is 0 Å². The molecule has 1 fully saturated rings. The summed E-state index contributed by atoms with van der Waals surface area (Å²) in [4.78, 5) is 3.18. The predicted octanol–water partition coefficient (Wildman–Crippen LogP) is 2.27. The molecule has 0 radical (unpaired) electrons. The normalized spacial score (nSPS) is 33.2. The van der Waals surface area contributed by atoms with Crippen molar-refractivity contribution >= 4 is 15.9 Å². The van der Waals surface area contributed by atoms with Crippen LogP contribution < -0.4 is 0 Å². The lowest BCUT2D eigenvalue weighted by Crippen LogP contribution is -2.45. The predicted molar refractivity (Wildman–Crippen MR) is 59.5 cm³/mol. The smallest absolute Gasteiger partial charge is 0.0670 e. The van der Waals surface area contributed by atoms with Gasteiger partial charge < -0.3 is 4.74 Å². The van der Waals surface area contributed by atoms with Crippen LogP contribution in [0.3, 0.4) is 0 Å². The lowest BCUT2D eigenvalue weighted by molar-refractivity contribution is 0.0525. The molecule has 3 unspecified atom stereocenters. The van der Waals surface area contributed by atoms with Crippen LogP contribution in [0.5, 0.6) is 0 Å². The van der Waals surface area contributed by atoms with E-state index in [0.29, 0.717) is 17.0 Å². The number of likely N-dealkylation sites (tertiary alicyclic amines) is 1. The van der Waals surface area contributed by atoms with Crippen molar-refractivity contribution in [1.82, 2.24) is 4.90 Å². The molecule has 1 heterocycles. The minimum absolute atomic E-state index is 0.347. The van der Waals surface area contributed by atoms with Gasteiger partial charge in [-0.2, -0.15) is 0 Å². The van der Waals surface area contributed by atoms with Crippen LogP contribution in [0.25, 0.3) is 0 Å². The Hall–Kier alpha value is 0.400. The molecule has 0 amide bonds. The van der Waals surface area contributed by atoms with Gasteiger partial charge in [-0.1, -0.05) is 15.9 Å². The Balaban J connectivity index is 2.37. The van der Waals surface area contributed by atoms with Crippen molar-refractivity contribution in [1.29, 1.82) is 0 Å². The highest BCUT2D eigenvalue weighted by atomic mass is 79.9. The van der Waals surface area contributed by atoms with E-state index in [-0.39, 0.29) is 0 Å². The van der Waals surface area contributed by atoms with Gasteiger partial charge in [0.1, 0.15) is 0 Å². The molecule has 1 rings (SSSR count). The van der Waals surface area contributed by atoms with Gasteiger partial charge in [0.15, 0.2) is 0 Å². The van der Waals surface area contributed by atoms with E-state index in [4.69, 9.17) is 4.74 Å². The third-order valence-electron chi connectivity index (χ3n) is 2.85. The minimum atomic E-state index is 0.347. The molecule has 13 heavy (non-hydrogen) atoms. The van der Waals surface area contributed by atoms with E-state index in [0.717, 1.165) is 13.1 Å². The molecule has 3 heteroatoms. The average Bonchev–Trinajstić information content (AvgIpc) is 2.11. The third kappa shape index (κ3) is 3.56. The van der Waals surface area contributed by atoms with E-state index in [1.165, 1.54) is 12.8 Å². The number of methoxy groups -OCH3 is 1. The zero-order chi connectivity index (χ0) is 9.84. The van der Waals surface area contributed by atoms with Gasteiger partial charge in [0, 0.05) is 31.1 Å². The minimum Gasteiger partial charge on any atom is -0.380 e. The van der Waals surface area contributed by atoms with Crippen LogP contribution >= 0.6 is 15.9 Å². The Labute approximate surface area is 89.8 Å². The first kappa shape index (κ1) is 11.5. The summed E-state index contributed by atoms with van der Waals surface area (Å²) < 4.78 is 5.28. The van der Waals surface area contributed by atoms with Gasteiger partial charge in [0.25, 0.3) is 0 Å². The van der Waals surface area contributed by atoms with Crippen LogP contribution in [-0.4, -0.2) is 42.1 Å². The van der Waals surface area contributed by atoms with Gasteiger partial charge in [-0.25, -0.2) is 0 Å². The van der Waals surface area contributed by atoms with Crippen molar-refractivity contribution in [2.24, 2.45) is 0 Å². The average molecular weight is 250 g/mol. The SMILES string of the molecule is COC(C)CN1CC(Br)CCC1C. The monoisotopic (exact) mass is 249 g/mol. The van der Waals surface area contributed by atoms with Gasteiger partial charge in [0.2, 0.25) is 0 Å². The fourth-order valence-corrected chi connectivity index (χ4v) is 2.43. The van der Waals surface area contributed by atoms with Crippen molar-refractivity contribution in [2.75, 3.05) is 20.2 Å². The molecule has 0 aliphatic carbocycles. The number of ether oxygens (including phenoxy) is 1. The standard InChI is InChI=1S/C10H20BrNO/c1-8-4-5-10(11)7-12(8)6-9(2)13-3/h8-10H,4-7H2,1-3H3. The summed E-state index contributed by atoms with van der Waals surface area (Å²) in [6, 6.07) is 0.714. The zero-order valence-electron chi connectivity index (χ0n) is 8.79. The topological polar surface area (TPSA) is 12.5 Å². The largest absolute Gasteiger partial charge is 0.380 e. The molecule has 0 aromatic heterocycles. The molecule has 0 N–H and O–H groups in total. The second-order valence-corrected chi connectivity index (χ2v) is 5.32. The molecular formula is C10H20BrNO. The van der Waals surface area contributed by atoms with E-state index >= 15 is 0 Å². The summed E-state index contributed by atoms with van der Waals surface area (Å²) in [6.07, 6.45) is 2.95. The Morgan fingerprint density at radius 1 is 1.54 bits per heavy atom. The van der Waals surface area contributed by atoms with Gasteiger partial charge >= 0.3 is 0 Å². The van der Waals surface area contributed by atoms with Crippen molar-refractivity contribution in [3.05, 3.63) is 0 Å². The molecule has 3 atom stereocenters. The molecule has 0 aromatic rings. The molecule has 78 valence electrons. The number of nitrogens with zero attached hydrogens (tertiary/aromatic N) is 1. The highest BCUT2D eigenvalue weighted by Crippen LogP contribution is 2.22. The Morgan fingerprint density at radius 3 is 2.85 bits per heavy atom. The summed E-state index contributed by atoms with van der Waals surface area (Å²) in [5.41, 5.74) is 0. The molecule has 0 spiro atoms. The quantitative estimate of drug-likeness (QED) is 0.712. The second-order valence-electron chi connectivity index (χ2n) is 4.02. The Morgan fingerprint density at radius 2 is 2.23 bits per heavy atom. The van der Waals surface area contributed by atoms with Crippen molar-refractivity contribution in [3.8, 4) is 0 Å². The molecule has 0 saturated carbocycles. The fraction of sp³-hybridized carbons (Fsp3) is 1.00. The first-order chi connectivity index (χ1) is 6.13. The summed E-state index contributed by atoms with van der Waals surface area (Å²) in [5, 5.41) is 0. The van der Waals surface area contributed by atoms with Crippen molar-refractivity contribution < 1.29 is 4.74 Å². The molecule has 1 aliphatic heterocycles. The number of piperidine rings is 1. The highest BCUT2D eigenvalue weighted by molar-refractivity contribution is 9.09. The van der Waals surface area contributed by atoms with Crippen LogP contribution in [-0.2, 0) is 4.74 Å². The van der Waals surface area contributed by atoms with Crippen LogP contribution in [0.2, 0.25) is 0 Å². The highest BCUT2D eigenvalue weighted by Gasteiger charge is 2.24. The molecule has 0 bridgehead atoms. The third-order valence-corrected chi connectivity index (χ3v) is 3.60. The summed E-state index contributed by atoms with van der Waals surface area (Å²) in [6.45, 7) is 6.65. The number of alkyl halides is 1. The first-order valence-corrected chi connectivity index (χ1v) is 5.96. The zero-order valence-corrected chi connectivity index (χ0v) is 10.4. The van der Waals surface area contributed by atoms with E-state index in [1.54, 1.807) is 7.11 Å². The lowest BCUT2D eigenvalue weighted by Gasteiger charge is -2.37. The van der Waals surface area contributed by atoms with Crippen LogP contribution in [0, 0.1) is 0 Å².